The molecule has 8 heteroatoms. The van der Waals surface area contributed by atoms with Crippen molar-refractivity contribution in [3.63, 3.8) is 0 Å². The van der Waals surface area contributed by atoms with Crippen LogP contribution in [0.5, 0.6) is 0 Å². The number of nitrogens with one attached hydrogen (secondary N) is 1. The van der Waals surface area contributed by atoms with Gasteiger partial charge in [-0.25, -0.2) is 9.18 Å². The van der Waals surface area contributed by atoms with Gasteiger partial charge in [-0.1, -0.05) is 4.40 Å². The molecule has 1 amide bonds. The van der Waals surface area contributed by atoms with E-state index in [-0.39, 0.29) is 11.9 Å². The summed E-state index contributed by atoms with van der Waals surface area (Å²) in [6.07, 6.45) is 1.91. The van der Waals surface area contributed by atoms with Gasteiger partial charge in [0.1, 0.15) is 27.5 Å². The molecule has 1 aromatic rings. The third-order valence-electron chi connectivity index (χ3n) is 4.14. The quantitative estimate of drug-likeness (QED) is 0.590. The van der Waals surface area contributed by atoms with Gasteiger partial charge in [0, 0.05) is 30.4 Å². The van der Waals surface area contributed by atoms with Crippen molar-refractivity contribution < 1.29 is 18.5 Å². The molecule has 0 radical (unpaired) electrons. The van der Waals surface area contributed by atoms with E-state index in [4.69, 9.17) is 4.74 Å². The number of nitrogens with zero attached hydrogens (tertiary/aromatic N) is 2. The minimum Gasteiger partial charge on any atom is -0.591 e. The number of amides is 1. The zero-order valence-corrected chi connectivity index (χ0v) is 18.2. The predicted octanol–water partition coefficient (Wildman–Crippen LogP) is 3.81. The van der Waals surface area contributed by atoms with E-state index in [2.05, 4.69) is 14.6 Å². The molecular formula is C20H30FN3O3S. The molecule has 1 aliphatic rings. The molecular weight excluding hydrogens is 381 g/mol. The third kappa shape index (κ3) is 6.38. The highest BCUT2D eigenvalue weighted by Crippen LogP contribution is 2.30. The number of hydrogen-bond acceptors (Lipinski definition) is 5. The standard InChI is InChI=1S/C20H30FN3O3S/c1-19(2,3)27-18(25)22-13-16-9-10-24(16)17-8-7-15(21)11-14(17)12-23-28(26)20(4,5)6/h7-8,11-12,16H,9-10,13H2,1-6H3,(H,22,25). The summed E-state index contributed by atoms with van der Waals surface area (Å²) in [4.78, 5) is 14.0. The van der Waals surface area contributed by atoms with E-state index >= 15 is 0 Å². The second kappa shape index (κ2) is 8.69. The summed E-state index contributed by atoms with van der Waals surface area (Å²) in [6, 6.07) is 4.55. The van der Waals surface area contributed by atoms with Crippen LogP contribution in [0.15, 0.2) is 22.6 Å². The van der Waals surface area contributed by atoms with Gasteiger partial charge in [0.25, 0.3) is 0 Å². The lowest BCUT2D eigenvalue weighted by molar-refractivity contribution is 0.0521. The molecule has 0 saturated carbocycles. The lowest BCUT2D eigenvalue weighted by atomic mass is 9.99. The van der Waals surface area contributed by atoms with E-state index in [9.17, 15) is 13.7 Å². The lowest BCUT2D eigenvalue weighted by Gasteiger charge is -2.43. The van der Waals surface area contributed by atoms with Crippen LogP contribution in [0.4, 0.5) is 14.9 Å². The largest absolute Gasteiger partial charge is 0.591 e. The topological polar surface area (TPSA) is 77.0 Å². The Balaban J connectivity index is 2.08. The van der Waals surface area contributed by atoms with Crippen molar-refractivity contribution in [1.29, 1.82) is 0 Å². The SMILES string of the molecule is CC(C)(C)OC(=O)NCC1CCN1c1ccc(F)cc1C=N[S+]([O-])C(C)(C)C. The Morgan fingerprint density at radius 1 is 1.39 bits per heavy atom. The molecule has 2 atom stereocenters. The number of hydrogen-bond donors (Lipinski definition) is 1. The summed E-state index contributed by atoms with van der Waals surface area (Å²) in [5.74, 6) is -0.379. The molecule has 0 spiro atoms. The van der Waals surface area contributed by atoms with Gasteiger partial charge >= 0.3 is 6.09 Å². The maximum absolute atomic E-state index is 13.8. The van der Waals surface area contributed by atoms with Gasteiger partial charge in [-0.05, 0) is 66.2 Å². The summed E-state index contributed by atoms with van der Waals surface area (Å²) in [5, 5.41) is 2.78. The smallest absolute Gasteiger partial charge is 0.407 e. The molecule has 1 saturated heterocycles. The maximum atomic E-state index is 13.8. The zero-order chi connectivity index (χ0) is 21.1. The van der Waals surface area contributed by atoms with Crippen molar-refractivity contribution in [3.05, 3.63) is 29.6 Å². The fraction of sp³-hybridized carbons (Fsp3) is 0.600. The number of rotatable bonds is 5. The predicted molar refractivity (Wildman–Crippen MR) is 112 cm³/mol. The van der Waals surface area contributed by atoms with Gasteiger partial charge in [-0.3, -0.25) is 0 Å². The van der Waals surface area contributed by atoms with E-state index in [1.165, 1.54) is 18.3 Å². The summed E-state index contributed by atoms with van der Waals surface area (Å²) >= 11 is -1.42. The van der Waals surface area contributed by atoms with Gasteiger partial charge < -0.3 is 19.5 Å². The molecule has 1 N–H and O–H groups in total. The highest BCUT2D eigenvalue weighted by atomic mass is 32.2. The summed E-state index contributed by atoms with van der Waals surface area (Å²) < 4.78 is 34.8. The van der Waals surface area contributed by atoms with Crippen LogP contribution in [-0.4, -0.2) is 46.3 Å². The highest BCUT2D eigenvalue weighted by Gasteiger charge is 2.31. The normalized spacial score (nSPS) is 18.7. The van der Waals surface area contributed by atoms with Crippen molar-refractivity contribution in [2.24, 2.45) is 4.40 Å². The number of alkyl carbamates (subject to hydrolysis) is 1. The summed E-state index contributed by atoms with van der Waals surface area (Å²) in [7, 11) is 0. The first-order valence-electron chi connectivity index (χ1n) is 9.36. The Bertz CT molecular complexity index is 728. The molecule has 1 heterocycles. The average molecular weight is 412 g/mol. The first kappa shape index (κ1) is 22.5. The van der Waals surface area contributed by atoms with Crippen LogP contribution in [0.25, 0.3) is 0 Å². The molecule has 1 aliphatic heterocycles. The molecule has 0 aliphatic carbocycles. The number of halogens is 1. The fourth-order valence-electron chi connectivity index (χ4n) is 2.64. The first-order valence-corrected chi connectivity index (χ1v) is 10.5. The van der Waals surface area contributed by atoms with Gasteiger partial charge in [0.2, 0.25) is 0 Å². The Morgan fingerprint density at radius 2 is 2.07 bits per heavy atom. The molecule has 0 bridgehead atoms. The second-order valence-corrected chi connectivity index (χ2v) is 10.8. The second-order valence-electron chi connectivity index (χ2n) is 8.82. The van der Waals surface area contributed by atoms with Gasteiger partial charge in [-0.15, -0.1) is 0 Å². The maximum Gasteiger partial charge on any atom is 0.407 e. The van der Waals surface area contributed by atoms with E-state index in [0.717, 1.165) is 18.7 Å². The van der Waals surface area contributed by atoms with Crippen molar-refractivity contribution in [2.75, 3.05) is 18.0 Å². The van der Waals surface area contributed by atoms with Crippen LogP contribution in [-0.2, 0) is 16.1 Å². The first-order chi connectivity index (χ1) is 12.9. The Morgan fingerprint density at radius 3 is 2.61 bits per heavy atom. The van der Waals surface area contributed by atoms with Crippen LogP contribution in [0.3, 0.4) is 0 Å². The monoisotopic (exact) mass is 411 g/mol. The van der Waals surface area contributed by atoms with Crippen molar-refractivity contribution in [1.82, 2.24) is 5.32 Å². The fourth-order valence-corrected chi connectivity index (χ4v) is 3.16. The van der Waals surface area contributed by atoms with E-state index < -0.39 is 27.8 Å². The highest BCUT2D eigenvalue weighted by molar-refractivity contribution is 7.91. The summed E-state index contributed by atoms with van der Waals surface area (Å²) in [6.45, 7) is 12.2. The van der Waals surface area contributed by atoms with Gasteiger partial charge in [0.15, 0.2) is 0 Å². The van der Waals surface area contributed by atoms with Crippen LogP contribution in [0.1, 0.15) is 53.5 Å². The molecule has 28 heavy (non-hydrogen) atoms. The number of carbonyl (C=O) groups excluding carboxylic acids is 1. The number of anilines is 1. The van der Waals surface area contributed by atoms with E-state index in [1.807, 2.05) is 41.5 Å². The average Bonchev–Trinajstić information content (AvgIpc) is 2.51. The third-order valence-corrected chi connectivity index (χ3v) is 5.48. The number of ether oxygens (including phenoxy) is 1. The van der Waals surface area contributed by atoms with Crippen LogP contribution < -0.4 is 10.2 Å². The Hall–Kier alpha value is -1.80. The Kier molecular flexibility index (Phi) is 6.98. The van der Waals surface area contributed by atoms with Crippen LogP contribution >= 0.6 is 0 Å². The number of carbonyl (C=O) groups is 1. The molecule has 1 aromatic carbocycles. The Labute approximate surface area is 169 Å². The molecule has 6 nitrogen and oxygen atoms in total. The van der Waals surface area contributed by atoms with Crippen LogP contribution in [0, 0.1) is 5.82 Å². The minimum atomic E-state index is -1.42. The van der Waals surface area contributed by atoms with Gasteiger partial charge in [-0.2, -0.15) is 0 Å². The van der Waals surface area contributed by atoms with Crippen molar-refractivity contribution in [2.45, 2.75) is 64.4 Å². The lowest BCUT2D eigenvalue weighted by Crippen LogP contribution is -2.54. The molecule has 0 aromatic heterocycles. The molecule has 2 unspecified atom stereocenters. The molecule has 2 rings (SSSR count). The van der Waals surface area contributed by atoms with Crippen molar-refractivity contribution in [3.8, 4) is 0 Å². The van der Waals surface area contributed by atoms with E-state index in [0.29, 0.717) is 12.1 Å². The zero-order valence-electron chi connectivity index (χ0n) is 17.4. The summed E-state index contributed by atoms with van der Waals surface area (Å²) in [5.41, 5.74) is 0.824. The van der Waals surface area contributed by atoms with E-state index in [1.54, 1.807) is 6.07 Å². The molecule has 1 fully saturated rings. The molecule has 156 valence electrons. The van der Waals surface area contributed by atoms with Gasteiger partial charge in [0.05, 0.1) is 6.21 Å². The number of benzene rings is 1. The minimum absolute atomic E-state index is 0.0817. The van der Waals surface area contributed by atoms with Crippen molar-refractivity contribution >= 4 is 29.4 Å². The van der Waals surface area contributed by atoms with Crippen LogP contribution in [0.2, 0.25) is 0 Å².